The van der Waals surface area contributed by atoms with Gasteiger partial charge in [-0.3, -0.25) is 0 Å². The number of nitrogens with one attached hydrogen (secondary N) is 1. The van der Waals surface area contributed by atoms with Gasteiger partial charge in [0.1, 0.15) is 5.82 Å². The van der Waals surface area contributed by atoms with Crippen LogP contribution in [0.4, 0.5) is 0 Å². The molecule has 1 atom stereocenters. The topological polar surface area (TPSA) is 42.7 Å². The highest BCUT2D eigenvalue weighted by Crippen LogP contribution is 2.43. The monoisotopic (exact) mass is 234 g/mol. The lowest BCUT2D eigenvalue weighted by molar-refractivity contribution is 0.170. The van der Waals surface area contributed by atoms with Crippen molar-refractivity contribution in [1.29, 1.82) is 0 Å². The lowest BCUT2D eigenvalue weighted by atomic mass is 9.77. The summed E-state index contributed by atoms with van der Waals surface area (Å²) in [6.45, 7) is 7.85. The van der Waals surface area contributed by atoms with Gasteiger partial charge in [-0.05, 0) is 44.6 Å². The van der Waals surface area contributed by atoms with Crippen LogP contribution in [0.1, 0.15) is 63.3 Å². The minimum Gasteiger partial charge on any atom is -0.311 e. The first-order chi connectivity index (χ1) is 8.09. The Hall–Kier alpha value is -0.900. The second-order valence-corrected chi connectivity index (χ2v) is 6.19. The molecule has 1 aromatic rings. The molecule has 2 fully saturated rings. The van der Waals surface area contributed by atoms with E-state index in [1.54, 1.807) is 0 Å². The molecule has 1 unspecified atom stereocenters. The average molecular weight is 234 g/mol. The molecule has 0 spiro atoms. The summed E-state index contributed by atoms with van der Waals surface area (Å²) in [6.07, 6.45) is 5.11. The standard InChI is InChI=1S/C13H22N4/c1-9-15-16-12(17(9)10-5-6-10)11-13(2,3)7-4-8-14-11/h10-11,14H,4-8H2,1-3H3. The molecule has 1 aliphatic carbocycles. The van der Waals surface area contributed by atoms with Gasteiger partial charge < -0.3 is 9.88 Å². The van der Waals surface area contributed by atoms with E-state index in [9.17, 15) is 0 Å². The molecule has 4 heteroatoms. The Morgan fingerprint density at radius 3 is 2.71 bits per heavy atom. The van der Waals surface area contributed by atoms with Crippen LogP contribution in [0.2, 0.25) is 0 Å². The Morgan fingerprint density at radius 1 is 1.29 bits per heavy atom. The quantitative estimate of drug-likeness (QED) is 0.854. The molecule has 0 aromatic carbocycles. The molecule has 2 heterocycles. The van der Waals surface area contributed by atoms with Crippen LogP contribution >= 0.6 is 0 Å². The van der Waals surface area contributed by atoms with Crippen molar-refractivity contribution in [3.05, 3.63) is 11.6 Å². The fraction of sp³-hybridized carbons (Fsp3) is 0.846. The van der Waals surface area contributed by atoms with E-state index in [4.69, 9.17) is 0 Å². The van der Waals surface area contributed by atoms with E-state index in [2.05, 4.69) is 40.9 Å². The highest BCUT2D eigenvalue weighted by atomic mass is 15.3. The number of aromatic nitrogens is 3. The van der Waals surface area contributed by atoms with Gasteiger partial charge in [0.25, 0.3) is 0 Å². The first-order valence-electron chi connectivity index (χ1n) is 6.74. The molecule has 1 saturated carbocycles. The second-order valence-electron chi connectivity index (χ2n) is 6.19. The maximum Gasteiger partial charge on any atom is 0.151 e. The molecule has 0 radical (unpaired) electrons. The Morgan fingerprint density at radius 2 is 2.06 bits per heavy atom. The van der Waals surface area contributed by atoms with Gasteiger partial charge in [-0.1, -0.05) is 13.8 Å². The van der Waals surface area contributed by atoms with Crippen molar-refractivity contribution < 1.29 is 0 Å². The van der Waals surface area contributed by atoms with Crippen LogP contribution in [0.25, 0.3) is 0 Å². The summed E-state index contributed by atoms with van der Waals surface area (Å²) in [5.74, 6) is 2.24. The molecule has 3 rings (SSSR count). The summed E-state index contributed by atoms with van der Waals surface area (Å²) in [7, 11) is 0. The molecule has 17 heavy (non-hydrogen) atoms. The molecule has 94 valence electrons. The van der Waals surface area contributed by atoms with Crippen molar-refractivity contribution in [2.75, 3.05) is 6.54 Å². The summed E-state index contributed by atoms with van der Waals surface area (Å²) in [4.78, 5) is 0. The van der Waals surface area contributed by atoms with Crippen LogP contribution in [0.5, 0.6) is 0 Å². The van der Waals surface area contributed by atoms with Crippen molar-refractivity contribution in [2.24, 2.45) is 5.41 Å². The van der Waals surface area contributed by atoms with Crippen LogP contribution < -0.4 is 5.32 Å². The minimum atomic E-state index is 0.282. The Kier molecular flexibility index (Phi) is 2.51. The van der Waals surface area contributed by atoms with Crippen LogP contribution in [0, 0.1) is 12.3 Å². The normalized spacial score (nSPS) is 28.3. The molecule has 1 aromatic heterocycles. The lowest BCUT2D eigenvalue weighted by Crippen LogP contribution is -2.41. The molecular formula is C13H22N4. The van der Waals surface area contributed by atoms with Gasteiger partial charge in [-0.25, -0.2) is 0 Å². The van der Waals surface area contributed by atoms with Gasteiger partial charge in [0.15, 0.2) is 5.82 Å². The number of hydrogen-bond donors (Lipinski definition) is 1. The number of piperidine rings is 1. The summed E-state index contributed by atoms with van der Waals surface area (Å²) >= 11 is 0. The predicted molar refractivity (Wildman–Crippen MR) is 66.8 cm³/mol. The van der Waals surface area contributed by atoms with Crippen LogP contribution in [0.3, 0.4) is 0 Å². The summed E-state index contributed by atoms with van der Waals surface area (Å²) in [5.41, 5.74) is 0.282. The SMILES string of the molecule is Cc1nnc(C2NCCCC2(C)C)n1C1CC1. The van der Waals surface area contributed by atoms with Gasteiger partial charge in [0.05, 0.1) is 6.04 Å². The molecule has 0 bridgehead atoms. The van der Waals surface area contributed by atoms with E-state index in [1.165, 1.54) is 25.7 Å². The second kappa shape index (κ2) is 3.80. The molecule has 4 nitrogen and oxygen atoms in total. The van der Waals surface area contributed by atoms with E-state index < -0.39 is 0 Å². The van der Waals surface area contributed by atoms with Crippen molar-refractivity contribution >= 4 is 0 Å². The van der Waals surface area contributed by atoms with Gasteiger partial charge >= 0.3 is 0 Å². The van der Waals surface area contributed by atoms with E-state index in [-0.39, 0.29) is 5.41 Å². The van der Waals surface area contributed by atoms with E-state index in [0.717, 1.165) is 18.2 Å². The van der Waals surface area contributed by atoms with Crippen molar-refractivity contribution in [1.82, 2.24) is 20.1 Å². The number of aryl methyl sites for hydroxylation is 1. The lowest BCUT2D eigenvalue weighted by Gasteiger charge is -2.38. The van der Waals surface area contributed by atoms with Gasteiger partial charge in [0, 0.05) is 6.04 Å². The Labute approximate surface area is 103 Å². The Bertz CT molecular complexity index is 417. The summed E-state index contributed by atoms with van der Waals surface area (Å²) in [6, 6.07) is 1.03. The molecule has 2 aliphatic rings. The maximum atomic E-state index is 4.45. The van der Waals surface area contributed by atoms with Gasteiger partial charge in [0.2, 0.25) is 0 Å². The van der Waals surface area contributed by atoms with Gasteiger partial charge in [-0.2, -0.15) is 0 Å². The first kappa shape index (κ1) is 11.2. The third-order valence-corrected chi connectivity index (χ3v) is 4.19. The number of nitrogens with zero attached hydrogens (tertiary/aromatic N) is 3. The van der Waals surface area contributed by atoms with E-state index in [0.29, 0.717) is 12.1 Å². The highest BCUT2D eigenvalue weighted by Gasteiger charge is 2.39. The average Bonchev–Trinajstić information content (AvgIpc) is 3.03. The third-order valence-electron chi connectivity index (χ3n) is 4.19. The molecule has 1 aliphatic heterocycles. The molecule has 1 N–H and O–H groups in total. The Balaban J connectivity index is 1.97. The van der Waals surface area contributed by atoms with Crippen LogP contribution in [-0.4, -0.2) is 21.3 Å². The summed E-state index contributed by atoms with van der Waals surface area (Å²) in [5, 5.41) is 12.4. The number of hydrogen-bond acceptors (Lipinski definition) is 3. The minimum absolute atomic E-state index is 0.282. The van der Waals surface area contributed by atoms with Crippen LogP contribution in [-0.2, 0) is 0 Å². The predicted octanol–water partition coefficient (Wildman–Crippen LogP) is 2.37. The maximum absolute atomic E-state index is 4.45. The zero-order chi connectivity index (χ0) is 12.0. The third kappa shape index (κ3) is 1.88. The zero-order valence-electron chi connectivity index (χ0n) is 11.0. The number of rotatable bonds is 2. The van der Waals surface area contributed by atoms with Crippen LogP contribution in [0.15, 0.2) is 0 Å². The summed E-state index contributed by atoms with van der Waals surface area (Å²) < 4.78 is 2.37. The smallest absolute Gasteiger partial charge is 0.151 e. The fourth-order valence-electron chi connectivity index (χ4n) is 3.02. The zero-order valence-corrected chi connectivity index (χ0v) is 11.0. The molecular weight excluding hydrogens is 212 g/mol. The first-order valence-corrected chi connectivity index (χ1v) is 6.74. The molecule has 1 saturated heterocycles. The highest BCUT2D eigenvalue weighted by molar-refractivity contribution is 5.10. The van der Waals surface area contributed by atoms with E-state index in [1.807, 2.05) is 0 Å². The van der Waals surface area contributed by atoms with Gasteiger partial charge in [-0.15, -0.1) is 10.2 Å². The largest absolute Gasteiger partial charge is 0.311 e. The fourth-order valence-corrected chi connectivity index (χ4v) is 3.02. The van der Waals surface area contributed by atoms with Crippen molar-refractivity contribution in [3.63, 3.8) is 0 Å². The van der Waals surface area contributed by atoms with Crippen molar-refractivity contribution in [3.8, 4) is 0 Å². The van der Waals surface area contributed by atoms with E-state index >= 15 is 0 Å². The van der Waals surface area contributed by atoms with Crippen molar-refractivity contribution in [2.45, 2.75) is 58.5 Å². The molecule has 0 amide bonds.